The molecule has 0 amide bonds. The molecule has 1 fully saturated rings. The number of nitrogens with zero attached hydrogens (tertiary/aromatic N) is 3. The van der Waals surface area contributed by atoms with E-state index in [1.165, 1.54) is 5.56 Å². The molecule has 4 rings (SSSR count). The standard InChI is InChI=1S/C17H21ClN6/c18-13-5-4-11(8-14(13)20)21-17-22-15-3-1-2-12(15)16(23-17)24-7-6-10(19)9-24/h4-5,8,10H,1-3,6-7,9,19-20H2,(H,21,22,23). The van der Waals surface area contributed by atoms with Crippen molar-refractivity contribution in [2.45, 2.75) is 31.7 Å². The Bertz CT molecular complexity index is 778. The molecule has 7 heteroatoms. The lowest BCUT2D eigenvalue weighted by atomic mass is 10.2. The minimum atomic E-state index is 0.226. The Morgan fingerprint density at radius 2 is 2.12 bits per heavy atom. The van der Waals surface area contributed by atoms with Crippen LogP contribution in [0.5, 0.6) is 0 Å². The number of anilines is 4. The van der Waals surface area contributed by atoms with Crippen LogP contribution in [0.4, 0.5) is 23.1 Å². The lowest BCUT2D eigenvalue weighted by molar-refractivity contribution is 0.751. The highest BCUT2D eigenvalue weighted by atomic mass is 35.5. The molecule has 1 unspecified atom stereocenters. The van der Waals surface area contributed by atoms with Gasteiger partial charge < -0.3 is 21.7 Å². The summed E-state index contributed by atoms with van der Waals surface area (Å²) in [5.74, 6) is 1.64. The number of nitrogens with one attached hydrogen (secondary N) is 1. The summed E-state index contributed by atoms with van der Waals surface area (Å²) < 4.78 is 0. The van der Waals surface area contributed by atoms with Crippen LogP contribution in [0.15, 0.2) is 18.2 Å². The maximum atomic E-state index is 6.07. The first kappa shape index (κ1) is 15.5. The molecule has 0 spiro atoms. The van der Waals surface area contributed by atoms with Gasteiger partial charge in [0.15, 0.2) is 0 Å². The van der Waals surface area contributed by atoms with Crippen LogP contribution in [-0.4, -0.2) is 29.1 Å². The van der Waals surface area contributed by atoms with E-state index < -0.39 is 0 Å². The van der Waals surface area contributed by atoms with E-state index in [1.807, 2.05) is 6.07 Å². The average molecular weight is 345 g/mol. The molecule has 6 nitrogen and oxygen atoms in total. The number of nitrogens with two attached hydrogens (primary N) is 2. The molecule has 1 atom stereocenters. The number of hydrogen-bond donors (Lipinski definition) is 3. The van der Waals surface area contributed by atoms with E-state index in [2.05, 4.69) is 10.2 Å². The van der Waals surface area contributed by atoms with Crippen LogP contribution in [0.25, 0.3) is 0 Å². The first-order valence-corrected chi connectivity index (χ1v) is 8.70. The number of aromatic nitrogens is 2. The molecular formula is C17H21ClN6. The van der Waals surface area contributed by atoms with Gasteiger partial charge in [0.05, 0.1) is 16.4 Å². The molecule has 1 aromatic carbocycles. The van der Waals surface area contributed by atoms with Gasteiger partial charge in [0, 0.05) is 30.4 Å². The topological polar surface area (TPSA) is 93.1 Å². The Balaban J connectivity index is 1.67. The maximum Gasteiger partial charge on any atom is 0.229 e. The second-order valence-corrected chi connectivity index (χ2v) is 6.91. The van der Waals surface area contributed by atoms with Gasteiger partial charge in [-0.3, -0.25) is 0 Å². The first-order valence-electron chi connectivity index (χ1n) is 8.32. The molecule has 2 aromatic rings. The van der Waals surface area contributed by atoms with Crippen molar-refractivity contribution >= 4 is 34.7 Å². The predicted molar refractivity (Wildman–Crippen MR) is 98.0 cm³/mol. The molecule has 0 saturated carbocycles. The zero-order valence-electron chi connectivity index (χ0n) is 13.4. The van der Waals surface area contributed by atoms with Crippen LogP contribution < -0.4 is 21.7 Å². The maximum absolute atomic E-state index is 6.07. The number of hydrogen-bond acceptors (Lipinski definition) is 6. The molecule has 1 saturated heterocycles. The van der Waals surface area contributed by atoms with E-state index in [0.717, 1.165) is 56.0 Å². The Morgan fingerprint density at radius 1 is 1.25 bits per heavy atom. The van der Waals surface area contributed by atoms with E-state index in [9.17, 15) is 0 Å². The fraction of sp³-hybridized carbons (Fsp3) is 0.412. The first-order chi connectivity index (χ1) is 11.6. The summed E-state index contributed by atoms with van der Waals surface area (Å²) in [5.41, 5.74) is 15.7. The van der Waals surface area contributed by atoms with Crippen LogP contribution in [0.3, 0.4) is 0 Å². The lowest BCUT2D eigenvalue weighted by Crippen LogP contribution is -2.28. The van der Waals surface area contributed by atoms with Crippen molar-refractivity contribution in [2.24, 2.45) is 5.73 Å². The largest absolute Gasteiger partial charge is 0.397 e. The summed E-state index contributed by atoms with van der Waals surface area (Å²) >= 11 is 5.98. The van der Waals surface area contributed by atoms with Crippen LogP contribution in [0.2, 0.25) is 5.02 Å². The van der Waals surface area contributed by atoms with Crippen molar-refractivity contribution in [1.29, 1.82) is 0 Å². The number of fused-ring (bicyclic) bond motifs is 1. The molecule has 126 valence electrons. The van der Waals surface area contributed by atoms with E-state index in [0.29, 0.717) is 16.7 Å². The second kappa shape index (κ2) is 6.11. The number of benzene rings is 1. The summed E-state index contributed by atoms with van der Waals surface area (Å²) in [7, 11) is 0. The Labute approximate surface area is 146 Å². The van der Waals surface area contributed by atoms with Gasteiger partial charge in [0.1, 0.15) is 5.82 Å². The number of halogens is 1. The van der Waals surface area contributed by atoms with Gasteiger partial charge in [0.25, 0.3) is 0 Å². The molecule has 24 heavy (non-hydrogen) atoms. The third-order valence-corrected chi connectivity index (χ3v) is 5.03. The predicted octanol–water partition coefficient (Wildman–Crippen LogP) is 2.48. The summed E-state index contributed by atoms with van der Waals surface area (Å²) in [6.07, 6.45) is 4.19. The smallest absolute Gasteiger partial charge is 0.229 e. The fourth-order valence-electron chi connectivity index (χ4n) is 3.46. The Hall–Kier alpha value is -2.05. The molecule has 0 radical (unpaired) electrons. The summed E-state index contributed by atoms with van der Waals surface area (Å²) in [6.45, 7) is 1.81. The third kappa shape index (κ3) is 2.87. The molecular weight excluding hydrogens is 324 g/mol. The minimum absolute atomic E-state index is 0.226. The van der Waals surface area contributed by atoms with Crippen molar-refractivity contribution in [2.75, 3.05) is 29.0 Å². The normalized spacial score (nSPS) is 19.6. The van der Waals surface area contributed by atoms with Crippen molar-refractivity contribution in [3.05, 3.63) is 34.5 Å². The summed E-state index contributed by atoms with van der Waals surface area (Å²) in [5, 5.41) is 3.80. The highest BCUT2D eigenvalue weighted by Gasteiger charge is 2.27. The van der Waals surface area contributed by atoms with Crippen LogP contribution in [0, 0.1) is 0 Å². The molecule has 1 aliphatic heterocycles. The fourth-order valence-corrected chi connectivity index (χ4v) is 3.58. The molecule has 2 aliphatic rings. The second-order valence-electron chi connectivity index (χ2n) is 6.51. The van der Waals surface area contributed by atoms with Crippen molar-refractivity contribution in [1.82, 2.24) is 9.97 Å². The quantitative estimate of drug-likeness (QED) is 0.741. The SMILES string of the molecule is Nc1cc(Nc2nc3c(c(N4CCC(N)C4)n2)CCC3)ccc1Cl. The van der Waals surface area contributed by atoms with Gasteiger partial charge in [-0.2, -0.15) is 4.98 Å². The number of rotatable bonds is 3. The van der Waals surface area contributed by atoms with Crippen molar-refractivity contribution in [3.8, 4) is 0 Å². The van der Waals surface area contributed by atoms with Crippen molar-refractivity contribution in [3.63, 3.8) is 0 Å². The average Bonchev–Trinajstić information content (AvgIpc) is 3.19. The van der Waals surface area contributed by atoms with E-state index >= 15 is 0 Å². The van der Waals surface area contributed by atoms with E-state index in [4.69, 9.17) is 33.0 Å². The van der Waals surface area contributed by atoms with Crippen LogP contribution in [0.1, 0.15) is 24.1 Å². The van der Waals surface area contributed by atoms with E-state index in [1.54, 1.807) is 12.1 Å². The molecule has 0 bridgehead atoms. The van der Waals surface area contributed by atoms with Gasteiger partial charge >= 0.3 is 0 Å². The molecule has 5 N–H and O–H groups in total. The monoisotopic (exact) mass is 344 g/mol. The molecule has 1 aromatic heterocycles. The number of aryl methyl sites for hydroxylation is 1. The zero-order valence-corrected chi connectivity index (χ0v) is 14.2. The zero-order chi connectivity index (χ0) is 16.7. The highest BCUT2D eigenvalue weighted by Crippen LogP contribution is 2.32. The Kier molecular flexibility index (Phi) is 3.94. The van der Waals surface area contributed by atoms with Crippen molar-refractivity contribution < 1.29 is 0 Å². The minimum Gasteiger partial charge on any atom is -0.397 e. The van der Waals surface area contributed by atoms with Gasteiger partial charge in [-0.05, 0) is 43.9 Å². The highest BCUT2D eigenvalue weighted by molar-refractivity contribution is 6.33. The lowest BCUT2D eigenvalue weighted by Gasteiger charge is -2.21. The molecule has 2 heterocycles. The van der Waals surface area contributed by atoms with Crippen LogP contribution >= 0.6 is 11.6 Å². The summed E-state index contributed by atoms with van der Waals surface area (Å²) in [4.78, 5) is 11.8. The Morgan fingerprint density at radius 3 is 2.88 bits per heavy atom. The van der Waals surface area contributed by atoms with Gasteiger partial charge in [-0.25, -0.2) is 4.98 Å². The number of nitrogen functional groups attached to an aromatic ring is 1. The third-order valence-electron chi connectivity index (χ3n) is 4.69. The van der Waals surface area contributed by atoms with Gasteiger partial charge in [-0.1, -0.05) is 11.6 Å². The van der Waals surface area contributed by atoms with E-state index in [-0.39, 0.29) is 6.04 Å². The van der Waals surface area contributed by atoms with Crippen LogP contribution in [-0.2, 0) is 12.8 Å². The molecule has 1 aliphatic carbocycles. The van der Waals surface area contributed by atoms with Gasteiger partial charge in [-0.15, -0.1) is 0 Å². The van der Waals surface area contributed by atoms with Gasteiger partial charge in [0.2, 0.25) is 5.95 Å². The summed E-state index contributed by atoms with van der Waals surface area (Å²) in [6, 6.07) is 5.67.